The fraction of sp³-hybridized carbons (Fsp3) is 0.650. The average Bonchev–Trinajstić information content (AvgIpc) is 2.58. The van der Waals surface area contributed by atoms with Crippen molar-refractivity contribution in [3.8, 4) is 5.75 Å². The van der Waals surface area contributed by atoms with Gasteiger partial charge in [-0.2, -0.15) is 0 Å². The Kier molecular flexibility index (Phi) is 8.26. The van der Waals surface area contributed by atoms with Crippen LogP contribution in [0.3, 0.4) is 0 Å². The Morgan fingerprint density at radius 2 is 1.92 bits per heavy atom. The second-order valence-corrected chi connectivity index (χ2v) is 6.77. The van der Waals surface area contributed by atoms with E-state index in [1.807, 2.05) is 12.1 Å². The predicted octanol–water partition coefficient (Wildman–Crippen LogP) is 4.26. The number of aliphatic hydroxyl groups excluding tert-OH is 1. The van der Waals surface area contributed by atoms with E-state index >= 15 is 0 Å². The molecule has 0 bridgehead atoms. The van der Waals surface area contributed by atoms with E-state index in [0.717, 1.165) is 36.1 Å². The molecule has 0 saturated carbocycles. The topological polar surface area (TPSA) is 55.8 Å². The first-order valence-corrected chi connectivity index (χ1v) is 8.90. The van der Waals surface area contributed by atoms with Gasteiger partial charge < -0.3 is 14.6 Å². The molecule has 1 aromatic rings. The molecular formula is C20H32O4. The molecular weight excluding hydrogens is 304 g/mol. The molecule has 136 valence electrons. The van der Waals surface area contributed by atoms with Gasteiger partial charge in [0.1, 0.15) is 12.4 Å². The van der Waals surface area contributed by atoms with Gasteiger partial charge in [-0.15, -0.1) is 0 Å². The molecule has 0 aliphatic rings. The first-order chi connectivity index (χ1) is 11.4. The van der Waals surface area contributed by atoms with Crippen LogP contribution in [-0.4, -0.2) is 31.4 Å². The number of carbonyl (C=O) groups is 1. The Morgan fingerprint density at radius 1 is 1.21 bits per heavy atom. The molecule has 0 unspecified atom stereocenters. The molecule has 0 fully saturated rings. The Morgan fingerprint density at radius 3 is 2.46 bits per heavy atom. The SMILES string of the molecule is CCCCCC(C)(C)c1cc(C(=O)OCCO)cc(CC)c1OC. The van der Waals surface area contributed by atoms with Crippen LogP contribution in [0.15, 0.2) is 12.1 Å². The number of carbonyl (C=O) groups excluding carboxylic acids is 1. The number of rotatable bonds is 10. The number of aliphatic hydroxyl groups is 1. The maximum absolute atomic E-state index is 12.2. The zero-order chi connectivity index (χ0) is 18.2. The van der Waals surface area contributed by atoms with E-state index in [1.54, 1.807) is 7.11 Å². The zero-order valence-corrected chi connectivity index (χ0v) is 15.8. The summed E-state index contributed by atoms with van der Waals surface area (Å²) in [4.78, 5) is 12.2. The molecule has 0 amide bonds. The summed E-state index contributed by atoms with van der Waals surface area (Å²) in [6.45, 7) is 8.49. The summed E-state index contributed by atoms with van der Waals surface area (Å²) in [6.07, 6.45) is 5.34. The average molecular weight is 336 g/mol. The highest BCUT2D eigenvalue weighted by Gasteiger charge is 2.27. The molecule has 0 aliphatic carbocycles. The van der Waals surface area contributed by atoms with Crippen molar-refractivity contribution in [3.63, 3.8) is 0 Å². The van der Waals surface area contributed by atoms with Crippen LogP contribution in [0.2, 0.25) is 0 Å². The minimum Gasteiger partial charge on any atom is -0.496 e. The second-order valence-electron chi connectivity index (χ2n) is 6.77. The van der Waals surface area contributed by atoms with Gasteiger partial charge in [0.05, 0.1) is 19.3 Å². The lowest BCUT2D eigenvalue weighted by atomic mass is 9.78. The standard InChI is InChI=1S/C20H32O4/c1-6-8-9-10-20(3,4)17-14-16(19(22)24-12-11-21)13-15(7-2)18(17)23-5/h13-14,21H,6-12H2,1-5H3. The van der Waals surface area contributed by atoms with Crippen LogP contribution in [-0.2, 0) is 16.6 Å². The largest absolute Gasteiger partial charge is 0.496 e. The molecule has 0 saturated heterocycles. The molecule has 0 aliphatic heterocycles. The summed E-state index contributed by atoms with van der Waals surface area (Å²) < 4.78 is 10.8. The molecule has 0 heterocycles. The van der Waals surface area contributed by atoms with E-state index in [9.17, 15) is 4.79 Å². The third-order valence-electron chi connectivity index (χ3n) is 4.45. The van der Waals surface area contributed by atoms with Crippen LogP contribution in [0.1, 0.15) is 74.9 Å². The number of ether oxygens (including phenoxy) is 2. The molecule has 0 atom stereocenters. The molecule has 4 nitrogen and oxygen atoms in total. The molecule has 1 N–H and O–H groups in total. The molecule has 4 heteroatoms. The molecule has 0 radical (unpaired) electrons. The van der Waals surface area contributed by atoms with Crippen molar-refractivity contribution in [2.24, 2.45) is 0 Å². The summed E-state index contributed by atoms with van der Waals surface area (Å²) in [5.41, 5.74) is 2.50. The molecule has 0 spiro atoms. The van der Waals surface area contributed by atoms with Gasteiger partial charge in [-0.25, -0.2) is 4.79 Å². The van der Waals surface area contributed by atoms with Crippen molar-refractivity contribution in [3.05, 3.63) is 28.8 Å². The second kappa shape index (κ2) is 9.67. The fourth-order valence-corrected chi connectivity index (χ4v) is 2.99. The maximum atomic E-state index is 12.2. The van der Waals surface area contributed by atoms with E-state index < -0.39 is 5.97 Å². The third-order valence-corrected chi connectivity index (χ3v) is 4.45. The van der Waals surface area contributed by atoms with Gasteiger partial charge in [0.25, 0.3) is 0 Å². The van der Waals surface area contributed by atoms with E-state index in [-0.39, 0.29) is 18.6 Å². The minimum atomic E-state index is -0.396. The highest BCUT2D eigenvalue weighted by molar-refractivity contribution is 5.90. The number of methoxy groups -OCH3 is 1. The van der Waals surface area contributed by atoms with Crippen LogP contribution in [0.25, 0.3) is 0 Å². The van der Waals surface area contributed by atoms with Gasteiger partial charge in [-0.3, -0.25) is 0 Å². The summed E-state index contributed by atoms with van der Waals surface area (Å²) in [5, 5.41) is 8.85. The smallest absolute Gasteiger partial charge is 0.338 e. The van der Waals surface area contributed by atoms with Crippen LogP contribution >= 0.6 is 0 Å². The van der Waals surface area contributed by atoms with Crippen molar-refractivity contribution in [1.82, 2.24) is 0 Å². The van der Waals surface area contributed by atoms with E-state index in [2.05, 4.69) is 27.7 Å². The quantitative estimate of drug-likeness (QED) is 0.512. The Hall–Kier alpha value is -1.55. The van der Waals surface area contributed by atoms with Crippen molar-refractivity contribution in [2.75, 3.05) is 20.3 Å². The van der Waals surface area contributed by atoms with E-state index in [4.69, 9.17) is 14.6 Å². The van der Waals surface area contributed by atoms with Crippen molar-refractivity contribution >= 4 is 5.97 Å². The van der Waals surface area contributed by atoms with Gasteiger partial charge in [-0.1, -0.05) is 47.0 Å². The number of benzene rings is 1. The molecule has 0 aromatic heterocycles. The van der Waals surface area contributed by atoms with E-state index in [0.29, 0.717) is 5.56 Å². The summed E-state index contributed by atoms with van der Waals surface area (Å²) >= 11 is 0. The van der Waals surface area contributed by atoms with Crippen molar-refractivity contribution < 1.29 is 19.4 Å². The van der Waals surface area contributed by atoms with Crippen LogP contribution in [0, 0.1) is 0 Å². The minimum absolute atomic E-state index is 0.0154. The van der Waals surface area contributed by atoms with Crippen molar-refractivity contribution in [1.29, 1.82) is 0 Å². The fourth-order valence-electron chi connectivity index (χ4n) is 2.99. The van der Waals surface area contributed by atoms with Gasteiger partial charge in [0.15, 0.2) is 0 Å². The first kappa shape index (κ1) is 20.5. The zero-order valence-electron chi connectivity index (χ0n) is 15.8. The summed E-state index contributed by atoms with van der Waals surface area (Å²) in [5.74, 6) is 0.477. The van der Waals surface area contributed by atoms with Crippen LogP contribution in [0.5, 0.6) is 5.75 Å². The highest BCUT2D eigenvalue weighted by atomic mass is 16.5. The summed E-state index contributed by atoms with van der Waals surface area (Å²) in [6, 6.07) is 3.73. The lowest BCUT2D eigenvalue weighted by molar-refractivity contribution is 0.0433. The lowest BCUT2D eigenvalue weighted by Gasteiger charge is -2.29. The number of hydrogen-bond donors (Lipinski definition) is 1. The number of aryl methyl sites for hydroxylation is 1. The Bertz CT molecular complexity index is 535. The number of esters is 1. The Balaban J connectivity index is 3.26. The Labute approximate surface area is 146 Å². The van der Waals surface area contributed by atoms with E-state index in [1.165, 1.54) is 12.8 Å². The number of unbranched alkanes of at least 4 members (excludes halogenated alkanes) is 2. The van der Waals surface area contributed by atoms with Crippen LogP contribution in [0.4, 0.5) is 0 Å². The van der Waals surface area contributed by atoms with Gasteiger partial charge in [-0.05, 0) is 36.0 Å². The maximum Gasteiger partial charge on any atom is 0.338 e. The van der Waals surface area contributed by atoms with Gasteiger partial charge >= 0.3 is 5.97 Å². The highest BCUT2D eigenvalue weighted by Crippen LogP contribution is 2.39. The molecule has 1 aromatic carbocycles. The predicted molar refractivity (Wildman–Crippen MR) is 96.9 cm³/mol. The summed E-state index contributed by atoms with van der Waals surface area (Å²) in [7, 11) is 1.68. The first-order valence-electron chi connectivity index (χ1n) is 8.90. The van der Waals surface area contributed by atoms with Gasteiger partial charge in [0.2, 0.25) is 0 Å². The molecule has 1 rings (SSSR count). The lowest BCUT2D eigenvalue weighted by Crippen LogP contribution is -2.20. The van der Waals surface area contributed by atoms with Gasteiger partial charge in [0, 0.05) is 5.56 Å². The molecule has 24 heavy (non-hydrogen) atoms. The monoisotopic (exact) mass is 336 g/mol. The third kappa shape index (κ3) is 5.23. The van der Waals surface area contributed by atoms with Crippen LogP contribution < -0.4 is 4.74 Å². The van der Waals surface area contributed by atoms with Crippen molar-refractivity contribution in [2.45, 2.75) is 65.2 Å². The normalized spacial score (nSPS) is 11.4. The number of hydrogen-bond acceptors (Lipinski definition) is 4.